The van der Waals surface area contributed by atoms with Crippen LogP contribution in [0.4, 0.5) is 0 Å². The zero-order valence-electron chi connectivity index (χ0n) is 12.0. The molecule has 0 unspecified atom stereocenters. The van der Waals surface area contributed by atoms with Crippen LogP contribution in [-0.4, -0.2) is 24.0 Å². The molecular formula is C15H28N2O. The summed E-state index contributed by atoms with van der Waals surface area (Å²) >= 11 is 0. The SMILES string of the molecule is CC[C@@H](C)NC(=O)[C@@H]1C[C@H](C)N[C@H]2CCCC[C@@H]21. The van der Waals surface area contributed by atoms with E-state index in [2.05, 4.69) is 31.4 Å². The fourth-order valence-corrected chi connectivity index (χ4v) is 3.59. The lowest BCUT2D eigenvalue weighted by Gasteiger charge is -2.44. The van der Waals surface area contributed by atoms with E-state index in [9.17, 15) is 4.79 Å². The predicted molar refractivity (Wildman–Crippen MR) is 74.3 cm³/mol. The molecule has 18 heavy (non-hydrogen) atoms. The molecule has 2 N–H and O–H groups in total. The second-order valence-electron chi connectivity index (χ2n) is 6.28. The molecule has 1 aliphatic carbocycles. The van der Waals surface area contributed by atoms with Gasteiger partial charge in [0.15, 0.2) is 0 Å². The van der Waals surface area contributed by atoms with Gasteiger partial charge in [0, 0.05) is 24.0 Å². The summed E-state index contributed by atoms with van der Waals surface area (Å²) in [4.78, 5) is 12.4. The Balaban J connectivity index is 2.01. The summed E-state index contributed by atoms with van der Waals surface area (Å²) in [6, 6.07) is 1.37. The number of rotatable bonds is 3. The second kappa shape index (κ2) is 6.05. The molecule has 0 aromatic rings. The number of carbonyl (C=O) groups is 1. The molecule has 1 heterocycles. The lowest BCUT2D eigenvalue weighted by Crippen LogP contribution is -2.55. The summed E-state index contributed by atoms with van der Waals surface area (Å²) in [5, 5.41) is 6.88. The predicted octanol–water partition coefficient (Wildman–Crippen LogP) is 2.46. The summed E-state index contributed by atoms with van der Waals surface area (Å²) in [7, 11) is 0. The van der Waals surface area contributed by atoms with E-state index in [1.54, 1.807) is 0 Å². The van der Waals surface area contributed by atoms with Gasteiger partial charge in [-0.25, -0.2) is 0 Å². The van der Waals surface area contributed by atoms with E-state index >= 15 is 0 Å². The maximum Gasteiger partial charge on any atom is 0.223 e. The maximum atomic E-state index is 12.4. The van der Waals surface area contributed by atoms with Crippen LogP contribution in [0.2, 0.25) is 0 Å². The van der Waals surface area contributed by atoms with Crippen molar-refractivity contribution >= 4 is 5.91 Å². The first-order chi connectivity index (χ1) is 8.61. The van der Waals surface area contributed by atoms with Gasteiger partial charge in [0.25, 0.3) is 0 Å². The highest BCUT2D eigenvalue weighted by Gasteiger charge is 2.40. The van der Waals surface area contributed by atoms with Crippen LogP contribution in [0.5, 0.6) is 0 Å². The average molecular weight is 252 g/mol. The van der Waals surface area contributed by atoms with Gasteiger partial charge in [-0.1, -0.05) is 19.8 Å². The fraction of sp³-hybridized carbons (Fsp3) is 0.933. The minimum atomic E-state index is 0.237. The van der Waals surface area contributed by atoms with Gasteiger partial charge in [-0.15, -0.1) is 0 Å². The van der Waals surface area contributed by atoms with E-state index in [-0.39, 0.29) is 5.92 Å². The number of fused-ring (bicyclic) bond motifs is 1. The van der Waals surface area contributed by atoms with Crippen LogP contribution in [0.1, 0.15) is 59.3 Å². The third kappa shape index (κ3) is 3.05. The van der Waals surface area contributed by atoms with Crippen LogP contribution in [0.15, 0.2) is 0 Å². The van der Waals surface area contributed by atoms with Gasteiger partial charge in [0.2, 0.25) is 5.91 Å². The highest BCUT2D eigenvalue weighted by molar-refractivity contribution is 5.79. The van der Waals surface area contributed by atoms with Crippen LogP contribution < -0.4 is 10.6 Å². The van der Waals surface area contributed by atoms with Crippen molar-refractivity contribution in [3.8, 4) is 0 Å². The molecule has 0 aromatic carbocycles. The molecule has 2 aliphatic rings. The van der Waals surface area contributed by atoms with Crippen molar-refractivity contribution < 1.29 is 4.79 Å². The molecule has 2 fully saturated rings. The molecule has 1 saturated heterocycles. The first-order valence-corrected chi connectivity index (χ1v) is 7.68. The number of hydrogen-bond acceptors (Lipinski definition) is 2. The Bertz CT molecular complexity index is 292. The van der Waals surface area contributed by atoms with Crippen molar-refractivity contribution in [1.29, 1.82) is 0 Å². The minimum absolute atomic E-state index is 0.237. The van der Waals surface area contributed by atoms with Crippen molar-refractivity contribution in [2.45, 2.75) is 77.4 Å². The number of nitrogens with one attached hydrogen (secondary N) is 2. The molecule has 5 atom stereocenters. The maximum absolute atomic E-state index is 12.4. The largest absolute Gasteiger partial charge is 0.353 e. The summed E-state index contributed by atoms with van der Waals surface area (Å²) < 4.78 is 0. The molecule has 0 aromatic heterocycles. The summed E-state index contributed by atoms with van der Waals surface area (Å²) in [6.45, 7) is 6.44. The highest BCUT2D eigenvalue weighted by atomic mass is 16.2. The zero-order valence-corrected chi connectivity index (χ0v) is 12.0. The second-order valence-corrected chi connectivity index (χ2v) is 6.28. The van der Waals surface area contributed by atoms with Gasteiger partial charge in [-0.2, -0.15) is 0 Å². The lowest BCUT2D eigenvalue weighted by atomic mass is 9.71. The van der Waals surface area contributed by atoms with Gasteiger partial charge < -0.3 is 10.6 Å². The van der Waals surface area contributed by atoms with Crippen LogP contribution in [-0.2, 0) is 4.79 Å². The Morgan fingerprint density at radius 3 is 2.83 bits per heavy atom. The Morgan fingerprint density at radius 2 is 2.11 bits per heavy atom. The first-order valence-electron chi connectivity index (χ1n) is 7.68. The molecule has 0 bridgehead atoms. The molecule has 3 heteroatoms. The lowest BCUT2D eigenvalue weighted by molar-refractivity contribution is -0.130. The minimum Gasteiger partial charge on any atom is -0.353 e. The van der Waals surface area contributed by atoms with Gasteiger partial charge >= 0.3 is 0 Å². The molecule has 104 valence electrons. The zero-order chi connectivity index (χ0) is 13.1. The fourth-order valence-electron chi connectivity index (χ4n) is 3.59. The number of hydrogen-bond donors (Lipinski definition) is 2. The first kappa shape index (κ1) is 13.9. The normalized spacial score (nSPS) is 37.7. The van der Waals surface area contributed by atoms with Crippen LogP contribution in [0, 0.1) is 11.8 Å². The van der Waals surface area contributed by atoms with E-state index < -0.39 is 0 Å². The molecular weight excluding hydrogens is 224 g/mol. The van der Waals surface area contributed by atoms with E-state index in [0.29, 0.717) is 30.0 Å². The van der Waals surface area contributed by atoms with E-state index in [1.165, 1.54) is 25.7 Å². The van der Waals surface area contributed by atoms with Crippen molar-refractivity contribution in [2.75, 3.05) is 0 Å². The van der Waals surface area contributed by atoms with Gasteiger partial charge in [0.05, 0.1) is 0 Å². The van der Waals surface area contributed by atoms with Crippen molar-refractivity contribution in [3.05, 3.63) is 0 Å². The molecule has 1 saturated carbocycles. The Labute approximate surface area is 111 Å². The molecule has 0 radical (unpaired) electrons. The van der Waals surface area contributed by atoms with Crippen LogP contribution >= 0.6 is 0 Å². The number of piperidine rings is 1. The highest BCUT2D eigenvalue weighted by Crippen LogP contribution is 2.36. The van der Waals surface area contributed by atoms with Crippen molar-refractivity contribution in [3.63, 3.8) is 0 Å². The molecule has 0 spiro atoms. The molecule has 1 aliphatic heterocycles. The van der Waals surface area contributed by atoms with Crippen molar-refractivity contribution in [1.82, 2.24) is 10.6 Å². The monoisotopic (exact) mass is 252 g/mol. The van der Waals surface area contributed by atoms with Crippen LogP contribution in [0.25, 0.3) is 0 Å². The van der Waals surface area contributed by atoms with Crippen LogP contribution in [0.3, 0.4) is 0 Å². The topological polar surface area (TPSA) is 41.1 Å². The third-order valence-electron chi connectivity index (χ3n) is 4.78. The van der Waals surface area contributed by atoms with Gasteiger partial charge in [-0.3, -0.25) is 4.79 Å². The number of amides is 1. The van der Waals surface area contributed by atoms with E-state index in [4.69, 9.17) is 0 Å². The molecule has 3 nitrogen and oxygen atoms in total. The van der Waals surface area contributed by atoms with E-state index in [1.807, 2.05) is 0 Å². The Morgan fingerprint density at radius 1 is 1.39 bits per heavy atom. The Kier molecular flexibility index (Phi) is 4.66. The smallest absolute Gasteiger partial charge is 0.223 e. The van der Waals surface area contributed by atoms with Gasteiger partial charge in [-0.05, 0) is 45.4 Å². The summed E-state index contributed by atoms with van der Waals surface area (Å²) in [5.41, 5.74) is 0. The quantitative estimate of drug-likeness (QED) is 0.810. The average Bonchev–Trinajstić information content (AvgIpc) is 2.37. The summed E-state index contributed by atoms with van der Waals surface area (Å²) in [6.07, 6.45) is 7.11. The van der Waals surface area contributed by atoms with Crippen molar-refractivity contribution in [2.24, 2.45) is 11.8 Å². The van der Waals surface area contributed by atoms with E-state index in [0.717, 1.165) is 12.8 Å². The standard InChI is InChI=1S/C15H28N2O/c1-4-10(2)17-15(18)13-9-11(3)16-14-8-6-5-7-12(13)14/h10-14,16H,4-9H2,1-3H3,(H,17,18)/t10-,11+,12-,13-,14+/m1/s1. The summed E-state index contributed by atoms with van der Waals surface area (Å²) in [5.74, 6) is 1.11. The van der Waals surface area contributed by atoms with Gasteiger partial charge in [0.1, 0.15) is 0 Å². The number of carbonyl (C=O) groups excluding carboxylic acids is 1. The molecule has 1 amide bonds. The molecule has 2 rings (SSSR count). The third-order valence-corrected chi connectivity index (χ3v) is 4.78. The Hall–Kier alpha value is -0.570.